The number of nitro benzene ring substituents is 1. The van der Waals surface area contributed by atoms with Gasteiger partial charge in [-0.1, -0.05) is 0 Å². The van der Waals surface area contributed by atoms with Crippen molar-refractivity contribution < 1.29 is 28.2 Å². The highest BCUT2D eigenvalue weighted by Crippen LogP contribution is 2.33. The number of amides is 1. The van der Waals surface area contributed by atoms with E-state index in [1.54, 1.807) is 0 Å². The van der Waals surface area contributed by atoms with Gasteiger partial charge in [0.1, 0.15) is 10.6 Å². The Morgan fingerprint density at radius 2 is 2.00 bits per heavy atom. The van der Waals surface area contributed by atoms with Crippen LogP contribution in [0.5, 0.6) is 0 Å². The van der Waals surface area contributed by atoms with Crippen molar-refractivity contribution in [3.8, 4) is 0 Å². The third-order valence-corrected chi connectivity index (χ3v) is 3.66. The van der Waals surface area contributed by atoms with Gasteiger partial charge in [-0.2, -0.15) is 8.42 Å². The summed E-state index contributed by atoms with van der Waals surface area (Å²) < 4.78 is 30.8. The first-order valence-corrected chi connectivity index (χ1v) is 6.81. The summed E-state index contributed by atoms with van der Waals surface area (Å²) in [6, 6.07) is 2.93. The van der Waals surface area contributed by atoms with Crippen molar-refractivity contribution in [3.63, 3.8) is 0 Å². The van der Waals surface area contributed by atoms with Crippen molar-refractivity contribution in [2.75, 3.05) is 11.4 Å². The molecule has 0 aliphatic carbocycles. The molecule has 1 saturated heterocycles. The molecule has 20 heavy (non-hydrogen) atoms. The fraction of sp³-hybridized carbons (Fsp3) is 0.300. The highest BCUT2D eigenvalue weighted by atomic mass is 32.2. The van der Waals surface area contributed by atoms with Crippen LogP contribution < -0.4 is 4.90 Å². The zero-order valence-electron chi connectivity index (χ0n) is 10.1. The third kappa shape index (κ3) is 2.92. The van der Waals surface area contributed by atoms with Gasteiger partial charge in [0, 0.05) is 19.0 Å². The van der Waals surface area contributed by atoms with E-state index in [-0.39, 0.29) is 17.1 Å². The predicted octanol–water partition coefficient (Wildman–Crippen LogP) is 0.144. The third-order valence-electron chi connectivity index (χ3n) is 2.81. The minimum atomic E-state index is -4.52. The summed E-state index contributed by atoms with van der Waals surface area (Å²) >= 11 is 0. The van der Waals surface area contributed by atoms with Crippen molar-refractivity contribution in [1.29, 1.82) is 0 Å². The van der Waals surface area contributed by atoms with E-state index in [0.717, 1.165) is 18.2 Å². The van der Waals surface area contributed by atoms with E-state index in [9.17, 15) is 23.3 Å². The van der Waals surface area contributed by atoms with Gasteiger partial charge in [0.05, 0.1) is 4.92 Å². The number of hydrogen-bond donors (Lipinski definition) is 1. The van der Waals surface area contributed by atoms with Crippen LogP contribution in [0, 0.1) is 10.1 Å². The van der Waals surface area contributed by atoms with E-state index in [2.05, 4.69) is 0 Å². The molecule has 1 aliphatic rings. The Morgan fingerprint density at radius 1 is 1.35 bits per heavy atom. The molecule has 3 N–H and O–H groups in total. The fourth-order valence-corrected chi connectivity index (χ4v) is 2.44. The summed E-state index contributed by atoms with van der Waals surface area (Å²) in [4.78, 5) is 22.4. The Bertz CT molecular complexity index is 656. The molecule has 1 fully saturated rings. The minimum absolute atomic E-state index is 0. The molecule has 110 valence electrons. The van der Waals surface area contributed by atoms with Crippen LogP contribution in [-0.2, 0) is 14.9 Å². The van der Waals surface area contributed by atoms with Gasteiger partial charge in [0.2, 0.25) is 5.91 Å². The van der Waals surface area contributed by atoms with Crippen LogP contribution in [0.3, 0.4) is 0 Å². The molecule has 0 saturated carbocycles. The van der Waals surface area contributed by atoms with Crippen LogP contribution in [0.1, 0.15) is 12.8 Å². The molecule has 0 bridgehead atoms. The predicted molar refractivity (Wildman–Crippen MR) is 68.1 cm³/mol. The molecule has 1 aliphatic heterocycles. The van der Waals surface area contributed by atoms with Gasteiger partial charge < -0.3 is 10.4 Å². The summed E-state index contributed by atoms with van der Waals surface area (Å²) in [5, 5.41) is 11.0. The highest BCUT2D eigenvalue weighted by Gasteiger charge is 2.29. The van der Waals surface area contributed by atoms with Crippen molar-refractivity contribution in [2.24, 2.45) is 0 Å². The summed E-state index contributed by atoms with van der Waals surface area (Å²) in [7, 11) is -4.52. The number of nitrogens with zero attached hydrogens (tertiary/aromatic N) is 2. The Morgan fingerprint density at radius 3 is 2.45 bits per heavy atom. The van der Waals surface area contributed by atoms with E-state index in [1.807, 2.05) is 0 Å². The second-order valence-corrected chi connectivity index (χ2v) is 5.45. The van der Waals surface area contributed by atoms with Gasteiger partial charge in [0.25, 0.3) is 15.8 Å². The van der Waals surface area contributed by atoms with Crippen molar-refractivity contribution in [1.82, 2.24) is 0 Å². The molecule has 0 atom stereocenters. The van der Waals surface area contributed by atoms with Crippen LogP contribution in [-0.4, -0.2) is 35.8 Å². The normalized spacial score (nSPS) is 15.1. The monoisotopic (exact) mass is 304 g/mol. The first kappa shape index (κ1) is 16.0. The summed E-state index contributed by atoms with van der Waals surface area (Å²) in [5.74, 6) is -0.247. The van der Waals surface area contributed by atoms with Gasteiger partial charge in [-0.05, 0) is 18.6 Å². The minimum Gasteiger partial charge on any atom is -0.412 e. The first-order chi connectivity index (χ1) is 8.80. The quantitative estimate of drug-likeness (QED) is 0.477. The van der Waals surface area contributed by atoms with Crippen molar-refractivity contribution in [2.45, 2.75) is 17.7 Å². The van der Waals surface area contributed by atoms with Crippen LogP contribution >= 0.6 is 0 Å². The molecule has 1 amide bonds. The Balaban J connectivity index is 0.00000200. The second kappa shape index (κ2) is 5.53. The van der Waals surface area contributed by atoms with Gasteiger partial charge in [-0.3, -0.25) is 19.5 Å². The SMILES string of the molecule is O.O=C1CCCN1c1ccc(S(=O)(=O)O)cc1[N+](=O)[O-]. The van der Waals surface area contributed by atoms with Crippen LogP contribution in [0.25, 0.3) is 0 Å². The van der Waals surface area contributed by atoms with Crippen molar-refractivity contribution in [3.05, 3.63) is 28.3 Å². The van der Waals surface area contributed by atoms with Crippen LogP contribution in [0.4, 0.5) is 11.4 Å². The van der Waals surface area contributed by atoms with Crippen LogP contribution in [0.2, 0.25) is 0 Å². The molecule has 0 aromatic heterocycles. The average Bonchev–Trinajstić information content (AvgIpc) is 2.73. The van der Waals surface area contributed by atoms with Gasteiger partial charge >= 0.3 is 0 Å². The average molecular weight is 304 g/mol. The summed E-state index contributed by atoms with van der Waals surface area (Å²) in [6.45, 7) is 0.352. The molecule has 0 spiro atoms. The molecule has 0 radical (unpaired) electrons. The van der Waals surface area contributed by atoms with E-state index < -0.39 is 25.6 Å². The molecule has 1 aromatic carbocycles. The molecular weight excluding hydrogens is 292 g/mol. The van der Waals surface area contributed by atoms with Crippen molar-refractivity contribution >= 4 is 27.4 Å². The Labute approximate surface area is 114 Å². The number of nitro groups is 1. The molecule has 9 nitrogen and oxygen atoms in total. The molecule has 1 heterocycles. The molecule has 10 heteroatoms. The Hall–Kier alpha value is -2.04. The maximum absolute atomic E-state index is 11.6. The smallest absolute Gasteiger partial charge is 0.294 e. The summed E-state index contributed by atoms with van der Waals surface area (Å²) in [6.07, 6.45) is 0.896. The molecule has 1 aromatic rings. The van der Waals surface area contributed by atoms with E-state index in [1.165, 1.54) is 4.90 Å². The maximum atomic E-state index is 11.6. The number of hydrogen-bond acceptors (Lipinski definition) is 5. The Kier molecular flexibility index (Phi) is 4.43. The number of anilines is 1. The van der Waals surface area contributed by atoms with E-state index in [4.69, 9.17) is 4.55 Å². The standard InChI is InChI=1S/C10H10N2O6S.H2O/c13-10-2-1-5-11(10)8-4-3-7(19(16,17)18)6-9(8)12(14)15;/h3-4,6H,1-2,5H2,(H,16,17,18);1H2. The lowest BCUT2D eigenvalue weighted by Gasteiger charge is -2.15. The second-order valence-electron chi connectivity index (χ2n) is 4.03. The number of carbonyl (C=O) groups excluding carboxylic acids is 1. The zero-order chi connectivity index (χ0) is 14.2. The first-order valence-electron chi connectivity index (χ1n) is 5.37. The highest BCUT2D eigenvalue weighted by molar-refractivity contribution is 7.85. The molecular formula is C10H12N2O7S. The number of benzene rings is 1. The largest absolute Gasteiger partial charge is 0.412 e. The number of carbonyl (C=O) groups is 1. The lowest BCUT2D eigenvalue weighted by molar-refractivity contribution is -0.384. The van der Waals surface area contributed by atoms with Gasteiger partial charge in [0.15, 0.2) is 0 Å². The lowest BCUT2D eigenvalue weighted by atomic mass is 10.2. The van der Waals surface area contributed by atoms with E-state index in [0.29, 0.717) is 19.4 Å². The zero-order valence-corrected chi connectivity index (χ0v) is 11.0. The lowest BCUT2D eigenvalue weighted by Crippen LogP contribution is -2.24. The maximum Gasteiger partial charge on any atom is 0.294 e. The number of rotatable bonds is 3. The summed E-state index contributed by atoms with van der Waals surface area (Å²) in [5.41, 5.74) is -0.481. The molecule has 0 unspecified atom stereocenters. The van der Waals surface area contributed by atoms with Gasteiger partial charge in [-0.15, -0.1) is 0 Å². The topological polar surface area (TPSA) is 149 Å². The fourth-order valence-electron chi connectivity index (χ4n) is 1.94. The van der Waals surface area contributed by atoms with E-state index >= 15 is 0 Å². The molecule has 2 rings (SSSR count). The van der Waals surface area contributed by atoms with Gasteiger partial charge in [-0.25, -0.2) is 0 Å². The van der Waals surface area contributed by atoms with Crippen LogP contribution in [0.15, 0.2) is 23.1 Å².